The second-order valence-corrected chi connectivity index (χ2v) is 6.85. The van der Waals surface area contributed by atoms with Crippen LogP contribution in [-0.4, -0.2) is 68.1 Å². The molecule has 0 bridgehead atoms. The first-order valence-electron chi connectivity index (χ1n) is 8.80. The molecule has 7 nitrogen and oxygen atoms in total. The summed E-state index contributed by atoms with van der Waals surface area (Å²) in [6, 6.07) is 7.72. The number of rotatable bonds is 4. The average molecular weight is 354 g/mol. The molecule has 138 valence electrons. The zero-order valence-corrected chi connectivity index (χ0v) is 15.9. The topological polar surface area (TPSA) is 64.6 Å². The molecule has 1 amide bonds. The van der Waals surface area contributed by atoms with Gasteiger partial charge in [0.25, 0.3) is 5.91 Å². The summed E-state index contributed by atoms with van der Waals surface area (Å²) in [5.74, 6) is 0.507. The number of aryl methyl sites for hydroxylation is 1. The number of hydrogen-bond donors (Lipinski definition) is 1. The molecule has 1 aromatic carbocycles. The monoisotopic (exact) mass is 354 g/mol. The van der Waals surface area contributed by atoms with Crippen molar-refractivity contribution in [3.05, 3.63) is 41.7 Å². The summed E-state index contributed by atoms with van der Waals surface area (Å²) in [6.07, 6.45) is 1.62. The van der Waals surface area contributed by atoms with Crippen molar-refractivity contribution in [1.82, 2.24) is 14.9 Å². The minimum Gasteiger partial charge on any atom is -0.378 e. The molecule has 0 spiro atoms. The van der Waals surface area contributed by atoms with E-state index in [4.69, 9.17) is 0 Å². The van der Waals surface area contributed by atoms with Crippen LogP contribution in [0.2, 0.25) is 0 Å². The number of anilines is 3. The fourth-order valence-corrected chi connectivity index (χ4v) is 2.88. The zero-order valence-electron chi connectivity index (χ0n) is 15.9. The Hall–Kier alpha value is -2.67. The van der Waals surface area contributed by atoms with Crippen LogP contribution in [-0.2, 0) is 0 Å². The maximum atomic E-state index is 12.6. The molecule has 1 aliphatic heterocycles. The fourth-order valence-electron chi connectivity index (χ4n) is 2.88. The lowest BCUT2D eigenvalue weighted by Crippen LogP contribution is -2.45. The van der Waals surface area contributed by atoms with Gasteiger partial charge in [0.05, 0.1) is 11.3 Å². The fraction of sp³-hybridized carbons (Fsp3) is 0.421. The highest BCUT2D eigenvalue weighted by Crippen LogP contribution is 2.18. The van der Waals surface area contributed by atoms with Crippen molar-refractivity contribution in [3.8, 4) is 0 Å². The molecule has 7 heteroatoms. The summed E-state index contributed by atoms with van der Waals surface area (Å²) in [7, 11) is 6.08. The molecule has 0 unspecified atom stereocenters. The van der Waals surface area contributed by atoms with Crippen LogP contribution in [0.3, 0.4) is 0 Å². The van der Waals surface area contributed by atoms with E-state index in [-0.39, 0.29) is 5.91 Å². The number of amides is 1. The SMILES string of the molecule is Cc1nc(N2CCN(C)CC2)ncc1C(=O)Nc1ccc(N(C)C)cc1. The smallest absolute Gasteiger partial charge is 0.259 e. The van der Waals surface area contributed by atoms with E-state index in [1.54, 1.807) is 6.20 Å². The third kappa shape index (κ3) is 4.11. The highest BCUT2D eigenvalue weighted by molar-refractivity contribution is 6.04. The van der Waals surface area contributed by atoms with Gasteiger partial charge in [-0.25, -0.2) is 9.97 Å². The molecule has 0 radical (unpaired) electrons. The number of benzene rings is 1. The van der Waals surface area contributed by atoms with Gasteiger partial charge in [-0.1, -0.05) is 0 Å². The molecule has 1 fully saturated rings. The third-order valence-electron chi connectivity index (χ3n) is 4.64. The molecule has 2 aromatic rings. The lowest BCUT2D eigenvalue weighted by atomic mass is 10.2. The number of carbonyl (C=O) groups excluding carboxylic acids is 1. The van der Waals surface area contributed by atoms with E-state index in [0.29, 0.717) is 17.2 Å². The first kappa shape index (κ1) is 18.1. The van der Waals surface area contributed by atoms with Crippen molar-refractivity contribution in [1.29, 1.82) is 0 Å². The first-order chi connectivity index (χ1) is 12.4. The van der Waals surface area contributed by atoms with Crippen molar-refractivity contribution < 1.29 is 4.79 Å². The number of carbonyl (C=O) groups is 1. The lowest BCUT2D eigenvalue weighted by Gasteiger charge is -2.32. The van der Waals surface area contributed by atoms with E-state index < -0.39 is 0 Å². The van der Waals surface area contributed by atoms with Gasteiger partial charge in [0.15, 0.2) is 0 Å². The van der Waals surface area contributed by atoms with Gasteiger partial charge in [-0.05, 0) is 38.2 Å². The quantitative estimate of drug-likeness (QED) is 0.904. The zero-order chi connectivity index (χ0) is 18.7. The highest BCUT2D eigenvalue weighted by Gasteiger charge is 2.19. The van der Waals surface area contributed by atoms with Crippen LogP contribution in [0.25, 0.3) is 0 Å². The number of piperazine rings is 1. The molecule has 1 saturated heterocycles. The van der Waals surface area contributed by atoms with Crippen LogP contribution in [0.15, 0.2) is 30.5 Å². The summed E-state index contributed by atoms with van der Waals surface area (Å²) in [5, 5.41) is 2.91. The van der Waals surface area contributed by atoms with Gasteiger partial charge in [0.1, 0.15) is 0 Å². The van der Waals surface area contributed by atoms with Crippen LogP contribution < -0.4 is 15.1 Å². The number of nitrogens with one attached hydrogen (secondary N) is 1. The molecule has 1 aromatic heterocycles. The van der Waals surface area contributed by atoms with Crippen LogP contribution in [0.5, 0.6) is 0 Å². The predicted octanol–water partition coefficient (Wildman–Crippen LogP) is 1.86. The number of hydrogen-bond acceptors (Lipinski definition) is 6. The van der Waals surface area contributed by atoms with Crippen LogP contribution in [0.4, 0.5) is 17.3 Å². The Kier molecular flexibility index (Phi) is 5.37. The van der Waals surface area contributed by atoms with Gasteiger partial charge in [-0.3, -0.25) is 4.79 Å². The summed E-state index contributed by atoms with van der Waals surface area (Å²) < 4.78 is 0. The van der Waals surface area contributed by atoms with Gasteiger partial charge in [0, 0.05) is 57.8 Å². The van der Waals surface area contributed by atoms with Crippen molar-refractivity contribution in [2.75, 3.05) is 62.4 Å². The molecule has 1 N–H and O–H groups in total. The molecule has 0 atom stereocenters. The second-order valence-electron chi connectivity index (χ2n) is 6.85. The van der Waals surface area contributed by atoms with Crippen molar-refractivity contribution in [2.45, 2.75) is 6.92 Å². The van der Waals surface area contributed by atoms with Crippen LogP contribution >= 0.6 is 0 Å². The van der Waals surface area contributed by atoms with Crippen molar-refractivity contribution >= 4 is 23.2 Å². The van der Waals surface area contributed by atoms with Gasteiger partial charge >= 0.3 is 0 Å². The Labute approximate surface area is 154 Å². The Morgan fingerprint density at radius 2 is 1.77 bits per heavy atom. The Morgan fingerprint density at radius 1 is 1.12 bits per heavy atom. The normalized spacial score (nSPS) is 15.0. The maximum Gasteiger partial charge on any atom is 0.259 e. The molecular weight excluding hydrogens is 328 g/mol. The van der Waals surface area contributed by atoms with Gasteiger partial charge < -0.3 is 20.0 Å². The van der Waals surface area contributed by atoms with Crippen molar-refractivity contribution in [2.24, 2.45) is 0 Å². The second kappa shape index (κ2) is 7.70. The highest BCUT2D eigenvalue weighted by atomic mass is 16.1. The van der Waals surface area contributed by atoms with E-state index in [2.05, 4.69) is 32.1 Å². The Morgan fingerprint density at radius 3 is 2.35 bits per heavy atom. The molecule has 1 aliphatic rings. The minimum absolute atomic E-state index is 0.190. The molecule has 0 aliphatic carbocycles. The number of aromatic nitrogens is 2. The first-order valence-corrected chi connectivity index (χ1v) is 8.80. The molecule has 26 heavy (non-hydrogen) atoms. The molecular formula is C19H26N6O. The number of likely N-dealkylation sites (N-methyl/N-ethyl adjacent to an activating group) is 1. The van der Waals surface area contributed by atoms with Crippen molar-refractivity contribution in [3.63, 3.8) is 0 Å². The van der Waals surface area contributed by atoms with E-state index in [0.717, 1.165) is 37.6 Å². The molecule has 0 saturated carbocycles. The van der Waals surface area contributed by atoms with E-state index >= 15 is 0 Å². The van der Waals surface area contributed by atoms with Crippen LogP contribution in [0, 0.1) is 6.92 Å². The largest absolute Gasteiger partial charge is 0.378 e. The van der Waals surface area contributed by atoms with Crippen LogP contribution in [0.1, 0.15) is 16.1 Å². The third-order valence-corrected chi connectivity index (χ3v) is 4.64. The van der Waals surface area contributed by atoms with E-state index in [1.807, 2.05) is 50.2 Å². The Balaban J connectivity index is 1.69. The summed E-state index contributed by atoms with van der Waals surface area (Å²) in [6.45, 7) is 5.64. The minimum atomic E-state index is -0.190. The summed E-state index contributed by atoms with van der Waals surface area (Å²) >= 11 is 0. The van der Waals surface area contributed by atoms with Gasteiger partial charge in [0.2, 0.25) is 5.95 Å². The summed E-state index contributed by atoms with van der Waals surface area (Å²) in [4.78, 5) is 28.0. The predicted molar refractivity (Wildman–Crippen MR) is 105 cm³/mol. The van der Waals surface area contributed by atoms with Gasteiger partial charge in [-0.15, -0.1) is 0 Å². The lowest BCUT2D eigenvalue weighted by molar-refractivity contribution is 0.102. The molecule has 3 rings (SSSR count). The molecule has 2 heterocycles. The van der Waals surface area contributed by atoms with E-state index in [1.165, 1.54) is 0 Å². The van der Waals surface area contributed by atoms with E-state index in [9.17, 15) is 4.79 Å². The maximum absolute atomic E-state index is 12.6. The Bertz CT molecular complexity index is 766. The summed E-state index contributed by atoms with van der Waals surface area (Å²) in [5.41, 5.74) is 3.03. The standard InChI is InChI=1S/C19H26N6O/c1-14-17(13-20-19(21-14)25-11-9-24(4)10-12-25)18(26)22-15-5-7-16(8-6-15)23(2)3/h5-8,13H,9-12H2,1-4H3,(H,22,26). The number of nitrogens with zero attached hydrogens (tertiary/aromatic N) is 5. The average Bonchev–Trinajstić information content (AvgIpc) is 2.62. The van der Waals surface area contributed by atoms with Gasteiger partial charge in [-0.2, -0.15) is 0 Å².